The molecule has 0 unspecified atom stereocenters. The van der Waals surface area contributed by atoms with Gasteiger partial charge in [0.2, 0.25) is 0 Å². The topological polar surface area (TPSA) is 9.23 Å². The van der Waals surface area contributed by atoms with Crippen molar-refractivity contribution >= 4 is 0 Å². The van der Waals surface area contributed by atoms with Crippen LogP contribution in [0.15, 0.2) is 11.6 Å². The summed E-state index contributed by atoms with van der Waals surface area (Å²) in [6, 6.07) is 0. The molecule has 0 saturated carbocycles. The van der Waals surface area contributed by atoms with Gasteiger partial charge in [0.15, 0.2) is 0 Å². The molecule has 0 aliphatic heterocycles. The number of hydrogen-bond donors (Lipinski definition) is 0. The largest absolute Gasteiger partial charge is 0.375 e. The molecule has 0 atom stereocenters. The molecule has 0 aliphatic carbocycles. The van der Waals surface area contributed by atoms with Crippen LogP contribution in [0.1, 0.15) is 46.5 Å². The minimum Gasteiger partial charge on any atom is -0.375 e. The minimum absolute atomic E-state index is 0.880. The van der Waals surface area contributed by atoms with E-state index in [0.29, 0.717) is 0 Å². The average molecular weight is 169 g/mol. The maximum absolute atomic E-state index is 5.34. The van der Waals surface area contributed by atoms with Crippen LogP contribution < -0.4 is 0 Å². The predicted molar refractivity (Wildman–Crippen MR) is 53.8 cm³/mol. The lowest BCUT2D eigenvalue weighted by molar-refractivity contribution is 0.190. The Kier molecular flexibility index (Phi) is 8.57. The first-order valence-electron chi connectivity index (χ1n) is 4.86. The van der Waals surface area contributed by atoms with Crippen LogP contribution in [0.2, 0.25) is 0 Å². The van der Waals surface area contributed by atoms with Crippen molar-refractivity contribution in [1.82, 2.24) is 0 Å². The fourth-order valence-electron chi connectivity index (χ4n) is 0.827. The Hall–Kier alpha value is -0.300. The first-order valence-corrected chi connectivity index (χ1v) is 4.86. The standard InChI is InChI=1S/C11H21O/c1-4-6-7-9-12-10-8-11(3)5-2/h5,10H,4,6-9H2,1-3H3/b11-5+. The van der Waals surface area contributed by atoms with Gasteiger partial charge in [-0.1, -0.05) is 31.4 Å². The van der Waals surface area contributed by atoms with E-state index in [1.165, 1.54) is 24.8 Å². The summed E-state index contributed by atoms with van der Waals surface area (Å²) in [4.78, 5) is 0. The molecule has 12 heavy (non-hydrogen) atoms. The molecule has 0 aromatic rings. The van der Waals surface area contributed by atoms with Gasteiger partial charge in [-0.15, -0.1) is 0 Å². The Balaban J connectivity index is 3.00. The van der Waals surface area contributed by atoms with Crippen molar-refractivity contribution in [2.24, 2.45) is 0 Å². The first-order chi connectivity index (χ1) is 5.81. The monoisotopic (exact) mass is 169 g/mol. The minimum atomic E-state index is 0.880. The lowest BCUT2D eigenvalue weighted by Crippen LogP contribution is -1.92. The van der Waals surface area contributed by atoms with E-state index in [0.717, 1.165) is 13.0 Å². The number of ether oxygens (including phenoxy) is 1. The van der Waals surface area contributed by atoms with Crippen LogP contribution in [0, 0.1) is 6.61 Å². The van der Waals surface area contributed by atoms with E-state index in [-0.39, 0.29) is 0 Å². The van der Waals surface area contributed by atoms with Gasteiger partial charge in [0.1, 0.15) is 0 Å². The summed E-state index contributed by atoms with van der Waals surface area (Å²) in [5, 5.41) is 0. The Morgan fingerprint density at radius 3 is 2.67 bits per heavy atom. The summed E-state index contributed by atoms with van der Waals surface area (Å²) < 4.78 is 5.34. The van der Waals surface area contributed by atoms with Gasteiger partial charge in [-0.3, -0.25) is 0 Å². The zero-order valence-corrected chi connectivity index (χ0v) is 8.60. The highest BCUT2D eigenvalue weighted by molar-refractivity contribution is 4.97. The van der Waals surface area contributed by atoms with E-state index in [2.05, 4.69) is 26.8 Å². The molecular weight excluding hydrogens is 148 g/mol. The van der Waals surface area contributed by atoms with Gasteiger partial charge in [0, 0.05) is 6.61 Å². The van der Waals surface area contributed by atoms with Crippen LogP contribution in [0.25, 0.3) is 0 Å². The molecule has 0 aromatic carbocycles. The molecule has 1 nitrogen and oxygen atoms in total. The van der Waals surface area contributed by atoms with E-state index in [1.54, 1.807) is 0 Å². The molecule has 0 N–H and O–H groups in total. The molecular formula is C11H21O. The van der Waals surface area contributed by atoms with Crippen molar-refractivity contribution in [1.29, 1.82) is 0 Å². The third-order valence-electron chi connectivity index (χ3n) is 1.88. The van der Waals surface area contributed by atoms with Gasteiger partial charge < -0.3 is 4.74 Å². The van der Waals surface area contributed by atoms with Crippen LogP contribution >= 0.6 is 0 Å². The molecule has 0 aromatic heterocycles. The summed E-state index contributed by atoms with van der Waals surface area (Å²) in [7, 11) is 0. The highest BCUT2D eigenvalue weighted by atomic mass is 16.5. The lowest BCUT2D eigenvalue weighted by Gasteiger charge is -2.02. The lowest BCUT2D eigenvalue weighted by atomic mass is 10.2. The van der Waals surface area contributed by atoms with Gasteiger partial charge in [0.05, 0.1) is 6.61 Å². The quantitative estimate of drug-likeness (QED) is 0.417. The van der Waals surface area contributed by atoms with E-state index in [9.17, 15) is 0 Å². The van der Waals surface area contributed by atoms with Crippen LogP contribution in [-0.2, 0) is 4.74 Å². The summed E-state index contributed by atoms with van der Waals surface area (Å²) in [6.07, 6.45) is 6.80. The second kappa shape index (κ2) is 8.79. The van der Waals surface area contributed by atoms with Gasteiger partial charge in [-0.2, -0.15) is 0 Å². The molecule has 0 aliphatic rings. The predicted octanol–water partition coefficient (Wildman–Crippen LogP) is 3.71. The molecule has 0 fully saturated rings. The van der Waals surface area contributed by atoms with Gasteiger partial charge in [-0.25, -0.2) is 0 Å². The highest BCUT2D eigenvalue weighted by Crippen LogP contribution is 2.04. The summed E-state index contributed by atoms with van der Waals surface area (Å²) in [5.41, 5.74) is 1.37. The summed E-state index contributed by atoms with van der Waals surface area (Å²) in [5.74, 6) is 0. The Labute approximate surface area is 76.8 Å². The molecule has 71 valence electrons. The molecule has 0 amide bonds. The SMILES string of the molecule is C/C=C(\C)C[CH]OCCCCC. The van der Waals surface area contributed by atoms with Gasteiger partial charge in [0.25, 0.3) is 0 Å². The molecule has 0 saturated heterocycles. The molecule has 1 heteroatoms. The highest BCUT2D eigenvalue weighted by Gasteiger charge is 1.90. The van der Waals surface area contributed by atoms with Crippen molar-refractivity contribution in [2.75, 3.05) is 6.61 Å². The van der Waals surface area contributed by atoms with E-state index in [1.807, 2.05) is 6.61 Å². The first kappa shape index (κ1) is 11.7. The van der Waals surface area contributed by atoms with Crippen LogP contribution in [-0.4, -0.2) is 6.61 Å². The molecule has 0 spiro atoms. The van der Waals surface area contributed by atoms with Crippen molar-refractivity contribution in [3.63, 3.8) is 0 Å². The van der Waals surface area contributed by atoms with Gasteiger partial charge >= 0.3 is 0 Å². The zero-order chi connectivity index (χ0) is 9.23. The number of hydrogen-bond acceptors (Lipinski definition) is 1. The van der Waals surface area contributed by atoms with Crippen molar-refractivity contribution in [3.8, 4) is 0 Å². The maximum atomic E-state index is 5.34. The van der Waals surface area contributed by atoms with Gasteiger partial charge in [-0.05, 0) is 26.7 Å². The van der Waals surface area contributed by atoms with Crippen LogP contribution in [0.4, 0.5) is 0 Å². The zero-order valence-electron chi connectivity index (χ0n) is 8.60. The average Bonchev–Trinajstić information content (AvgIpc) is 2.10. The van der Waals surface area contributed by atoms with E-state index in [4.69, 9.17) is 4.74 Å². The van der Waals surface area contributed by atoms with E-state index >= 15 is 0 Å². The Morgan fingerprint density at radius 2 is 2.08 bits per heavy atom. The van der Waals surface area contributed by atoms with Crippen molar-refractivity contribution < 1.29 is 4.74 Å². The third-order valence-corrected chi connectivity index (χ3v) is 1.88. The van der Waals surface area contributed by atoms with Crippen LogP contribution in [0.3, 0.4) is 0 Å². The summed E-state index contributed by atoms with van der Waals surface area (Å²) in [6.45, 7) is 9.16. The number of rotatable bonds is 7. The number of allylic oxidation sites excluding steroid dienone is 1. The fraction of sp³-hybridized carbons (Fsp3) is 0.727. The smallest absolute Gasteiger partial charge is 0.0876 e. The van der Waals surface area contributed by atoms with E-state index < -0.39 is 0 Å². The number of unbranched alkanes of at least 4 members (excludes halogenated alkanes) is 2. The second-order valence-corrected chi connectivity index (χ2v) is 3.08. The Bertz CT molecular complexity index is 116. The van der Waals surface area contributed by atoms with Crippen molar-refractivity contribution in [2.45, 2.75) is 46.5 Å². The Morgan fingerprint density at radius 1 is 1.33 bits per heavy atom. The molecule has 0 heterocycles. The van der Waals surface area contributed by atoms with Crippen LogP contribution in [0.5, 0.6) is 0 Å². The van der Waals surface area contributed by atoms with Crippen molar-refractivity contribution in [3.05, 3.63) is 18.3 Å². The second-order valence-electron chi connectivity index (χ2n) is 3.08. The summed E-state index contributed by atoms with van der Waals surface area (Å²) >= 11 is 0. The molecule has 0 rings (SSSR count). The third kappa shape index (κ3) is 7.80. The fourth-order valence-corrected chi connectivity index (χ4v) is 0.827. The normalized spacial score (nSPS) is 12.1. The molecule has 0 bridgehead atoms. The maximum Gasteiger partial charge on any atom is 0.0876 e. The molecule has 1 radical (unpaired) electrons.